The van der Waals surface area contributed by atoms with Gasteiger partial charge in [0.2, 0.25) is 5.95 Å². The predicted molar refractivity (Wildman–Crippen MR) is 78.4 cm³/mol. The van der Waals surface area contributed by atoms with Gasteiger partial charge >= 0.3 is 0 Å². The van der Waals surface area contributed by atoms with Crippen LogP contribution in [0.4, 0.5) is 5.95 Å². The number of hydrogen-bond donors (Lipinski definition) is 2. The van der Waals surface area contributed by atoms with E-state index >= 15 is 0 Å². The van der Waals surface area contributed by atoms with Crippen LogP contribution >= 0.6 is 11.8 Å². The van der Waals surface area contributed by atoms with E-state index in [1.165, 1.54) is 0 Å². The molecule has 5 heteroatoms. The molecular formula is C13H23N3OS. The van der Waals surface area contributed by atoms with E-state index in [0.717, 1.165) is 41.8 Å². The molecule has 2 N–H and O–H groups in total. The molecule has 1 aromatic heterocycles. The molecule has 1 aromatic rings. The van der Waals surface area contributed by atoms with Gasteiger partial charge in [0.25, 0.3) is 0 Å². The average Bonchev–Trinajstić information content (AvgIpc) is 2.33. The number of rotatable bonds is 8. The number of nitrogens with zero attached hydrogens (tertiary/aromatic N) is 2. The maximum absolute atomic E-state index is 8.66. The number of thioether (sulfide) groups is 1. The average molecular weight is 269 g/mol. The number of anilines is 1. The summed E-state index contributed by atoms with van der Waals surface area (Å²) in [6, 6.07) is 2.03. The fourth-order valence-electron chi connectivity index (χ4n) is 1.47. The lowest BCUT2D eigenvalue weighted by molar-refractivity contribution is 0.296. The van der Waals surface area contributed by atoms with Crippen molar-refractivity contribution in [2.24, 2.45) is 0 Å². The molecule has 0 fully saturated rings. The molecule has 0 spiro atoms. The van der Waals surface area contributed by atoms with Crippen LogP contribution in [-0.4, -0.2) is 39.7 Å². The van der Waals surface area contributed by atoms with Crippen molar-refractivity contribution in [1.29, 1.82) is 0 Å². The summed E-state index contributed by atoms with van der Waals surface area (Å²) in [5.74, 6) is 3.16. The monoisotopic (exact) mass is 269 g/mol. The lowest BCUT2D eigenvalue weighted by Crippen LogP contribution is -2.10. The van der Waals surface area contributed by atoms with E-state index in [1.807, 2.05) is 24.8 Å². The summed E-state index contributed by atoms with van der Waals surface area (Å²) < 4.78 is 0. The minimum absolute atomic E-state index is 0.277. The summed E-state index contributed by atoms with van der Waals surface area (Å²) in [5, 5.41) is 11.9. The Morgan fingerprint density at radius 1 is 1.33 bits per heavy atom. The van der Waals surface area contributed by atoms with E-state index in [4.69, 9.17) is 5.11 Å². The third-order valence-electron chi connectivity index (χ3n) is 2.44. The highest BCUT2D eigenvalue weighted by Crippen LogP contribution is 2.14. The number of aliphatic hydroxyl groups excluding tert-OH is 1. The Morgan fingerprint density at radius 3 is 2.78 bits per heavy atom. The quantitative estimate of drug-likeness (QED) is 0.710. The van der Waals surface area contributed by atoms with Crippen molar-refractivity contribution >= 4 is 17.7 Å². The first-order valence-electron chi connectivity index (χ1n) is 6.41. The lowest BCUT2D eigenvalue weighted by atomic mass is 10.1. The van der Waals surface area contributed by atoms with Gasteiger partial charge in [-0.3, -0.25) is 0 Å². The van der Waals surface area contributed by atoms with Crippen LogP contribution in [0.2, 0.25) is 0 Å². The van der Waals surface area contributed by atoms with Gasteiger partial charge < -0.3 is 10.4 Å². The summed E-state index contributed by atoms with van der Waals surface area (Å²) in [4.78, 5) is 8.87. The Morgan fingerprint density at radius 2 is 2.11 bits per heavy atom. The molecule has 0 bridgehead atoms. The molecule has 1 rings (SSSR count). The van der Waals surface area contributed by atoms with E-state index in [9.17, 15) is 0 Å². The summed E-state index contributed by atoms with van der Waals surface area (Å²) in [6.45, 7) is 7.40. The Kier molecular flexibility index (Phi) is 7.05. The van der Waals surface area contributed by atoms with E-state index in [1.54, 1.807) is 0 Å². The van der Waals surface area contributed by atoms with Crippen molar-refractivity contribution in [3.8, 4) is 0 Å². The number of nitrogens with one attached hydrogen (secondary N) is 1. The van der Waals surface area contributed by atoms with Crippen LogP contribution in [0.1, 0.15) is 37.6 Å². The fraction of sp³-hybridized carbons (Fsp3) is 0.692. The zero-order valence-corrected chi connectivity index (χ0v) is 12.3. The fourth-order valence-corrected chi connectivity index (χ4v) is 2.26. The molecule has 0 radical (unpaired) electrons. The standard InChI is InChI=1S/C13H23N3OS/c1-10(2)12-9-11(3)15-13(16-12)14-5-8-18-7-4-6-17/h9-10,17H,4-8H2,1-3H3,(H,14,15,16). The minimum Gasteiger partial charge on any atom is -0.396 e. The van der Waals surface area contributed by atoms with Crippen molar-refractivity contribution in [3.63, 3.8) is 0 Å². The maximum atomic E-state index is 8.66. The van der Waals surface area contributed by atoms with Gasteiger partial charge in [-0.2, -0.15) is 11.8 Å². The summed E-state index contributed by atoms with van der Waals surface area (Å²) in [7, 11) is 0. The summed E-state index contributed by atoms with van der Waals surface area (Å²) >= 11 is 1.83. The van der Waals surface area contributed by atoms with Crippen LogP contribution in [0.15, 0.2) is 6.07 Å². The Hall–Kier alpha value is -0.810. The first-order chi connectivity index (χ1) is 8.63. The van der Waals surface area contributed by atoms with Gasteiger partial charge in [0.1, 0.15) is 0 Å². The smallest absolute Gasteiger partial charge is 0.223 e. The van der Waals surface area contributed by atoms with Crippen LogP contribution in [-0.2, 0) is 0 Å². The van der Waals surface area contributed by atoms with Gasteiger partial charge in [-0.1, -0.05) is 13.8 Å². The van der Waals surface area contributed by atoms with Gasteiger partial charge in [-0.25, -0.2) is 9.97 Å². The highest BCUT2D eigenvalue weighted by Gasteiger charge is 2.05. The zero-order valence-electron chi connectivity index (χ0n) is 11.4. The largest absolute Gasteiger partial charge is 0.396 e. The lowest BCUT2D eigenvalue weighted by Gasteiger charge is -2.09. The molecule has 0 aliphatic heterocycles. The third kappa shape index (κ3) is 5.69. The van der Waals surface area contributed by atoms with Gasteiger partial charge in [0, 0.05) is 30.3 Å². The molecule has 0 amide bonds. The minimum atomic E-state index is 0.277. The first-order valence-corrected chi connectivity index (χ1v) is 7.57. The van der Waals surface area contributed by atoms with E-state index in [-0.39, 0.29) is 6.61 Å². The molecule has 1 heterocycles. The van der Waals surface area contributed by atoms with Crippen molar-refractivity contribution in [2.75, 3.05) is 30.0 Å². The Bertz CT molecular complexity index is 358. The van der Waals surface area contributed by atoms with Crippen molar-refractivity contribution in [3.05, 3.63) is 17.5 Å². The highest BCUT2D eigenvalue weighted by atomic mass is 32.2. The maximum Gasteiger partial charge on any atom is 0.223 e. The first kappa shape index (κ1) is 15.2. The molecule has 0 unspecified atom stereocenters. The number of aromatic nitrogens is 2. The molecule has 0 saturated carbocycles. The molecule has 0 aliphatic carbocycles. The van der Waals surface area contributed by atoms with Gasteiger partial charge in [0.15, 0.2) is 0 Å². The SMILES string of the molecule is Cc1cc(C(C)C)nc(NCCSCCCO)n1. The number of aryl methyl sites for hydroxylation is 1. The highest BCUT2D eigenvalue weighted by molar-refractivity contribution is 7.99. The topological polar surface area (TPSA) is 58.0 Å². The van der Waals surface area contributed by atoms with Crippen LogP contribution < -0.4 is 5.32 Å². The van der Waals surface area contributed by atoms with E-state index in [2.05, 4.69) is 29.1 Å². The summed E-state index contributed by atoms with van der Waals surface area (Å²) in [5.41, 5.74) is 2.09. The molecule has 18 heavy (non-hydrogen) atoms. The van der Waals surface area contributed by atoms with Gasteiger partial charge in [-0.15, -0.1) is 0 Å². The number of aliphatic hydroxyl groups is 1. The molecule has 102 valence electrons. The van der Waals surface area contributed by atoms with Crippen LogP contribution in [0, 0.1) is 6.92 Å². The molecular weight excluding hydrogens is 246 g/mol. The van der Waals surface area contributed by atoms with Crippen molar-refractivity contribution in [2.45, 2.75) is 33.1 Å². The van der Waals surface area contributed by atoms with Crippen LogP contribution in [0.25, 0.3) is 0 Å². The normalized spacial score (nSPS) is 10.9. The van der Waals surface area contributed by atoms with Crippen LogP contribution in [0.3, 0.4) is 0 Å². The molecule has 0 aromatic carbocycles. The second-order valence-corrected chi connectivity index (χ2v) is 5.75. The molecule has 4 nitrogen and oxygen atoms in total. The summed E-state index contributed by atoms with van der Waals surface area (Å²) in [6.07, 6.45) is 0.864. The second kappa shape index (κ2) is 8.32. The molecule has 0 saturated heterocycles. The molecule has 0 aliphatic rings. The zero-order chi connectivity index (χ0) is 13.4. The third-order valence-corrected chi connectivity index (χ3v) is 3.51. The van der Waals surface area contributed by atoms with Crippen molar-refractivity contribution < 1.29 is 5.11 Å². The van der Waals surface area contributed by atoms with Gasteiger partial charge in [0.05, 0.1) is 0 Å². The van der Waals surface area contributed by atoms with E-state index in [0.29, 0.717) is 5.92 Å². The Balaban J connectivity index is 2.37. The van der Waals surface area contributed by atoms with Crippen molar-refractivity contribution in [1.82, 2.24) is 9.97 Å². The van der Waals surface area contributed by atoms with Crippen LogP contribution in [0.5, 0.6) is 0 Å². The predicted octanol–water partition coefficient (Wildman–Crippen LogP) is 2.44. The Labute approximate surface area is 114 Å². The van der Waals surface area contributed by atoms with Gasteiger partial charge in [-0.05, 0) is 31.1 Å². The van der Waals surface area contributed by atoms with E-state index < -0.39 is 0 Å². The second-order valence-electron chi connectivity index (χ2n) is 4.53. The molecule has 0 atom stereocenters. The number of hydrogen-bond acceptors (Lipinski definition) is 5.